The molecule has 1 aromatic rings. The fraction of sp³-hybridized carbons (Fsp3) is 0.222. The van der Waals surface area contributed by atoms with Gasteiger partial charge in [0, 0.05) is 6.54 Å². The van der Waals surface area contributed by atoms with Crippen molar-refractivity contribution >= 4 is 18.3 Å². The number of benzene rings is 1. The fourth-order valence-corrected chi connectivity index (χ4v) is 0.917. The van der Waals surface area contributed by atoms with Gasteiger partial charge in [-0.15, -0.1) is 12.4 Å². The average molecular weight is 217 g/mol. The largest absolute Gasteiger partial charge is 0.484 e. The van der Waals surface area contributed by atoms with Crippen LogP contribution in [0, 0.1) is 0 Å². The highest BCUT2D eigenvalue weighted by molar-refractivity contribution is 5.85. The minimum absolute atomic E-state index is 0. The zero-order valence-electron chi connectivity index (χ0n) is 7.60. The van der Waals surface area contributed by atoms with Crippen LogP contribution in [0.1, 0.15) is 5.56 Å². The van der Waals surface area contributed by atoms with E-state index in [0.29, 0.717) is 12.3 Å². The summed E-state index contributed by atoms with van der Waals surface area (Å²) in [5.74, 6) is 0.125. The summed E-state index contributed by atoms with van der Waals surface area (Å²) in [7, 11) is 0. The average Bonchev–Trinajstić information content (AvgIpc) is 2.15. The minimum Gasteiger partial charge on any atom is -0.484 e. The number of primary amides is 1. The number of carbonyl (C=O) groups is 1. The van der Waals surface area contributed by atoms with Crippen molar-refractivity contribution in [2.45, 2.75) is 6.54 Å². The van der Waals surface area contributed by atoms with Gasteiger partial charge in [0.2, 0.25) is 0 Å². The highest BCUT2D eigenvalue weighted by Gasteiger charge is 1.97. The predicted octanol–water partition coefficient (Wildman–Crippen LogP) is 0.431. The number of halogens is 1. The molecule has 4 nitrogen and oxygen atoms in total. The van der Waals surface area contributed by atoms with Gasteiger partial charge in [-0.25, -0.2) is 0 Å². The Morgan fingerprint density at radius 2 is 2.14 bits per heavy atom. The molecule has 0 saturated carbocycles. The van der Waals surface area contributed by atoms with Gasteiger partial charge in [0.25, 0.3) is 5.91 Å². The van der Waals surface area contributed by atoms with Crippen molar-refractivity contribution < 1.29 is 9.53 Å². The third-order valence-corrected chi connectivity index (χ3v) is 1.52. The summed E-state index contributed by atoms with van der Waals surface area (Å²) < 4.78 is 5.08. The van der Waals surface area contributed by atoms with Gasteiger partial charge in [0.05, 0.1) is 0 Å². The van der Waals surface area contributed by atoms with E-state index in [0.717, 1.165) is 5.56 Å². The van der Waals surface area contributed by atoms with E-state index in [-0.39, 0.29) is 19.0 Å². The van der Waals surface area contributed by atoms with Gasteiger partial charge in [0.1, 0.15) is 5.75 Å². The Kier molecular flexibility index (Phi) is 5.67. The first-order valence-electron chi connectivity index (χ1n) is 3.92. The van der Waals surface area contributed by atoms with Crippen molar-refractivity contribution in [1.29, 1.82) is 0 Å². The Balaban J connectivity index is 0.00000169. The standard InChI is InChI=1S/C9H12N2O2.ClH/c10-5-7-2-1-3-8(4-7)13-6-9(11)12;/h1-4H,5-6,10H2,(H2,11,12);1H. The van der Waals surface area contributed by atoms with Crippen molar-refractivity contribution in [2.75, 3.05) is 6.61 Å². The van der Waals surface area contributed by atoms with Gasteiger partial charge in [0.15, 0.2) is 6.61 Å². The molecule has 0 atom stereocenters. The van der Waals surface area contributed by atoms with E-state index in [9.17, 15) is 4.79 Å². The molecule has 5 heteroatoms. The lowest BCUT2D eigenvalue weighted by Gasteiger charge is -2.04. The van der Waals surface area contributed by atoms with Gasteiger partial charge in [-0.05, 0) is 17.7 Å². The first-order valence-corrected chi connectivity index (χ1v) is 3.92. The van der Waals surface area contributed by atoms with Crippen molar-refractivity contribution in [3.8, 4) is 5.75 Å². The lowest BCUT2D eigenvalue weighted by molar-refractivity contribution is -0.119. The second kappa shape index (κ2) is 6.23. The van der Waals surface area contributed by atoms with Crippen LogP contribution in [-0.4, -0.2) is 12.5 Å². The van der Waals surface area contributed by atoms with Crippen molar-refractivity contribution in [1.82, 2.24) is 0 Å². The van der Waals surface area contributed by atoms with E-state index in [1.165, 1.54) is 0 Å². The van der Waals surface area contributed by atoms with Gasteiger partial charge in [-0.3, -0.25) is 4.79 Å². The maximum atomic E-state index is 10.4. The number of amides is 1. The molecule has 0 bridgehead atoms. The normalized spacial score (nSPS) is 8.93. The number of carbonyl (C=O) groups excluding carboxylic acids is 1. The molecule has 0 aliphatic rings. The van der Waals surface area contributed by atoms with E-state index in [4.69, 9.17) is 16.2 Å². The van der Waals surface area contributed by atoms with E-state index < -0.39 is 5.91 Å². The highest BCUT2D eigenvalue weighted by atomic mass is 35.5. The smallest absolute Gasteiger partial charge is 0.255 e. The zero-order valence-corrected chi connectivity index (χ0v) is 8.42. The summed E-state index contributed by atoms with van der Waals surface area (Å²) in [6, 6.07) is 7.24. The number of nitrogens with two attached hydrogens (primary N) is 2. The number of rotatable bonds is 4. The fourth-order valence-electron chi connectivity index (χ4n) is 0.917. The van der Waals surface area contributed by atoms with Crippen LogP contribution in [-0.2, 0) is 11.3 Å². The molecule has 0 heterocycles. The molecule has 0 fully saturated rings. The molecule has 0 radical (unpaired) electrons. The molecule has 4 N–H and O–H groups in total. The quantitative estimate of drug-likeness (QED) is 0.766. The molecular weight excluding hydrogens is 204 g/mol. The molecule has 78 valence electrons. The molecule has 1 amide bonds. The summed E-state index contributed by atoms with van der Waals surface area (Å²) in [5, 5.41) is 0. The summed E-state index contributed by atoms with van der Waals surface area (Å²) in [6.07, 6.45) is 0. The van der Waals surface area contributed by atoms with Gasteiger partial charge in [-0.2, -0.15) is 0 Å². The monoisotopic (exact) mass is 216 g/mol. The zero-order chi connectivity index (χ0) is 9.68. The molecule has 1 rings (SSSR count). The maximum absolute atomic E-state index is 10.4. The summed E-state index contributed by atoms with van der Waals surface area (Å²) in [4.78, 5) is 10.4. The van der Waals surface area contributed by atoms with Gasteiger partial charge in [-0.1, -0.05) is 12.1 Å². The second-order valence-corrected chi connectivity index (χ2v) is 2.61. The van der Waals surface area contributed by atoms with Crippen LogP contribution in [0.25, 0.3) is 0 Å². The van der Waals surface area contributed by atoms with E-state index >= 15 is 0 Å². The van der Waals surface area contributed by atoms with Crippen LogP contribution >= 0.6 is 12.4 Å². The second-order valence-electron chi connectivity index (χ2n) is 2.61. The van der Waals surface area contributed by atoms with Crippen LogP contribution in [0.15, 0.2) is 24.3 Å². The van der Waals surface area contributed by atoms with Gasteiger partial charge >= 0.3 is 0 Å². The Labute approximate surface area is 88.6 Å². The molecular formula is C9H13ClN2O2. The van der Waals surface area contributed by atoms with Crippen LogP contribution in [0.4, 0.5) is 0 Å². The topological polar surface area (TPSA) is 78.3 Å². The van der Waals surface area contributed by atoms with E-state index in [1.54, 1.807) is 12.1 Å². The summed E-state index contributed by atoms with van der Waals surface area (Å²) in [5.41, 5.74) is 11.3. The van der Waals surface area contributed by atoms with Crippen molar-refractivity contribution in [3.63, 3.8) is 0 Å². The van der Waals surface area contributed by atoms with Crippen LogP contribution in [0.2, 0.25) is 0 Å². The molecule has 0 aromatic heterocycles. The van der Waals surface area contributed by atoms with Crippen molar-refractivity contribution in [2.24, 2.45) is 11.5 Å². The summed E-state index contributed by atoms with van der Waals surface area (Å²) >= 11 is 0. The maximum Gasteiger partial charge on any atom is 0.255 e. The van der Waals surface area contributed by atoms with Crippen LogP contribution < -0.4 is 16.2 Å². The molecule has 0 aliphatic heterocycles. The Morgan fingerprint density at radius 3 is 2.71 bits per heavy atom. The first-order chi connectivity index (χ1) is 6.22. The lowest BCUT2D eigenvalue weighted by atomic mass is 10.2. The summed E-state index contributed by atoms with van der Waals surface area (Å²) in [6.45, 7) is 0.349. The molecule has 1 aromatic carbocycles. The number of hydrogen-bond acceptors (Lipinski definition) is 3. The van der Waals surface area contributed by atoms with Crippen LogP contribution in [0.5, 0.6) is 5.75 Å². The number of ether oxygens (including phenoxy) is 1. The van der Waals surface area contributed by atoms with Gasteiger partial charge < -0.3 is 16.2 Å². The van der Waals surface area contributed by atoms with Crippen LogP contribution in [0.3, 0.4) is 0 Å². The van der Waals surface area contributed by atoms with Crippen molar-refractivity contribution in [3.05, 3.63) is 29.8 Å². The third kappa shape index (κ3) is 4.11. The predicted molar refractivity (Wildman–Crippen MR) is 56.3 cm³/mol. The Morgan fingerprint density at radius 1 is 1.43 bits per heavy atom. The third-order valence-electron chi connectivity index (χ3n) is 1.52. The van der Waals surface area contributed by atoms with E-state index in [1.807, 2.05) is 12.1 Å². The molecule has 0 aliphatic carbocycles. The molecule has 0 spiro atoms. The molecule has 0 unspecified atom stereocenters. The molecule has 14 heavy (non-hydrogen) atoms. The Hall–Kier alpha value is -1.26. The lowest BCUT2D eigenvalue weighted by Crippen LogP contribution is -2.20. The Bertz CT molecular complexity index is 305. The van der Waals surface area contributed by atoms with E-state index in [2.05, 4.69) is 0 Å². The first kappa shape index (κ1) is 12.7. The highest BCUT2D eigenvalue weighted by Crippen LogP contribution is 2.12. The molecule has 0 saturated heterocycles. The number of hydrogen-bond donors (Lipinski definition) is 2. The minimum atomic E-state index is -0.488. The SMILES string of the molecule is Cl.NCc1cccc(OCC(N)=O)c1.